The van der Waals surface area contributed by atoms with Crippen LogP contribution in [-0.4, -0.2) is 23.1 Å². The van der Waals surface area contributed by atoms with Crippen LogP contribution in [0.25, 0.3) is 16.6 Å². The first-order valence-electron chi connectivity index (χ1n) is 8.82. The fourth-order valence-electron chi connectivity index (χ4n) is 3.26. The Morgan fingerprint density at radius 3 is 2.81 bits per heavy atom. The molecule has 1 aliphatic carbocycles. The standard InChI is InChI=1S/C21H19ClN4O/c1-3-12-23-25(2)20-16-11-10-15(14-8-9-14)13-19(16)26(21(27)24-20)18-7-5-4-6-17(18)22/h1,4-7,10-11,13-14,23H,8-9,12H2,2H3. The van der Waals surface area contributed by atoms with Gasteiger partial charge in [0.1, 0.15) is 0 Å². The van der Waals surface area contributed by atoms with Gasteiger partial charge in [0.2, 0.25) is 0 Å². The van der Waals surface area contributed by atoms with Crippen LogP contribution < -0.4 is 16.1 Å². The molecule has 5 nitrogen and oxygen atoms in total. The molecule has 1 aliphatic rings. The molecule has 1 N–H and O–H groups in total. The normalized spacial score (nSPS) is 13.5. The number of terminal acetylenes is 1. The molecule has 0 amide bonds. The summed E-state index contributed by atoms with van der Waals surface area (Å²) in [5.74, 6) is 3.63. The minimum atomic E-state index is -0.382. The Bertz CT molecular complexity index is 1110. The summed E-state index contributed by atoms with van der Waals surface area (Å²) in [6, 6.07) is 13.5. The van der Waals surface area contributed by atoms with Crippen molar-refractivity contribution in [1.82, 2.24) is 15.0 Å². The van der Waals surface area contributed by atoms with E-state index in [-0.39, 0.29) is 5.69 Å². The third kappa shape index (κ3) is 3.30. The monoisotopic (exact) mass is 378 g/mol. The summed E-state index contributed by atoms with van der Waals surface area (Å²) in [6.45, 7) is 0.341. The van der Waals surface area contributed by atoms with Crippen molar-refractivity contribution in [3.05, 3.63) is 63.5 Å². The van der Waals surface area contributed by atoms with Gasteiger partial charge < -0.3 is 0 Å². The number of anilines is 1. The highest BCUT2D eigenvalue weighted by atomic mass is 35.5. The fraction of sp³-hybridized carbons (Fsp3) is 0.238. The molecule has 6 heteroatoms. The molecular weight excluding hydrogens is 360 g/mol. The van der Waals surface area contributed by atoms with E-state index in [9.17, 15) is 4.79 Å². The maximum Gasteiger partial charge on any atom is 0.354 e. The first-order valence-corrected chi connectivity index (χ1v) is 9.20. The highest BCUT2D eigenvalue weighted by Gasteiger charge is 2.25. The average Bonchev–Trinajstić information content (AvgIpc) is 3.51. The topological polar surface area (TPSA) is 50.2 Å². The first-order chi connectivity index (χ1) is 13.1. The summed E-state index contributed by atoms with van der Waals surface area (Å²) in [7, 11) is 1.80. The number of hydrazine groups is 1. The highest BCUT2D eigenvalue weighted by molar-refractivity contribution is 6.32. The lowest BCUT2D eigenvalue weighted by Crippen LogP contribution is -2.37. The van der Waals surface area contributed by atoms with E-state index in [0.29, 0.717) is 29.0 Å². The summed E-state index contributed by atoms with van der Waals surface area (Å²) in [6.07, 6.45) is 7.70. The van der Waals surface area contributed by atoms with E-state index in [2.05, 4.69) is 28.5 Å². The van der Waals surface area contributed by atoms with Crippen molar-refractivity contribution in [3.8, 4) is 18.0 Å². The zero-order valence-electron chi connectivity index (χ0n) is 14.9. The number of rotatable bonds is 5. The average molecular weight is 379 g/mol. The molecule has 1 saturated carbocycles. The fourth-order valence-corrected chi connectivity index (χ4v) is 3.48. The number of hydrogen-bond acceptors (Lipinski definition) is 4. The van der Waals surface area contributed by atoms with Gasteiger partial charge in [0.15, 0.2) is 5.82 Å². The summed E-state index contributed by atoms with van der Waals surface area (Å²) in [5.41, 5.74) is 5.32. The van der Waals surface area contributed by atoms with E-state index in [1.165, 1.54) is 18.4 Å². The van der Waals surface area contributed by atoms with Gasteiger partial charge in [-0.05, 0) is 48.6 Å². The van der Waals surface area contributed by atoms with Crippen LogP contribution in [0, 0.1) is 12.3 Å². The molecular formula is C21H19ClN4O. The number of aromatic nitrogens is 2. The lowest BCUT2D eigenvalue weighted by atomic mass is 10.1. The van der Waals surface area contributed by atoms with E-state index < -0.39 is 0 Å². The largest absolute Gasteiger partial charge is 0.354 e. The quantitative estimate of drug-likeness (QED) is 0.545. The third-order valence-corrected chi connectivity index (χ3v) is 5.09. The van der Waals surface area contributed by atoms with E-state index in [4.69, 9.17) is 18.0 Å². The minimum absolute atomic E-state index is 0.341. The van der Waals surface area contributed by atoms with Crippen LogP contribution in [0.4, 0.5) is 5.82 Å². The Hall–Kier alpha value is -2.81. The number of nitrogens with zero attached hydrogens (tertiary/aromatic N) is 3. The van der Waals surface area contributed by atoms with Crippen molar-refractivity contribution < 1.29 is 0 Å². The molecule has 1 aromatic heterocycles. The second-order valence-corrected chi connectivity index (χ2v) is 7.06. The zero-order valence-corrected chi connectivity index (χ0v) is 15.7. The molecule has 1 fully saturated rings. The molecule has 136 valence electrons. The Balaban J connectivity index is 1.99. The third-order valence-electron chi connectivity index (χ3n) is 4.77. The Morgan fingerprint density at radius 1 is 1.33 bits per heavy atom. The summed E-state index contributed by atoms with van der Waals surface area (Å²) in [4.78, 5) is 17.3. The minimum Gasteiger partial charge on any atom is -0.294 e. The molecule has 2 aromatic carbocycles. The second kappa shape index (κ2) is 7.07. The number of fused-ring (bicyclic) bond motifs is 1. The first kappa shape index (κ1) is 17.6. The number of benzene rings is 2. The van der Waals surface area contributed by atoms with Crippen LogP contribution in [0.3, 0.4) is 0 Å². The van der Waals surface area contributed by atoms with Crippen LogP contribution in [0.15, 0.2) is 47.3 Å². The molecule has 0 aliphatic heterocycles. The number of halogens is 1. The van der Waals surface area contributed by atoms with Gasteiger partial charge in [0.05, 0.1) is 22.8 Å². The molecule has 0 atom stereocenters. The van der Waals surface area contributed by atoms with E-state index in [1.54, 1.807) is 22.7 Å². The molecule has 3 aromatic rings. The van der Waals surface area contributed by atoms with Gasteiger partial charge in [-0.25, -0.2) is 10.2 Å². The molecule has 1 heterocycles. The van der Waals surface area contributed by atoms with Gasteiger partial charge in [-0.15, -0.1) is 6.42 Å². The van der Waals surface area contributed by atoms with E-state index >= 15 is 0 Å². The second-order valence-electron chi connectivity index (χ2n) is 6.65. The van der Waals surface area contributed by atoms with Crippen LogP contribution in [-0.2, 0) is 0 Å². The van der Waals surface area contributed by atoms with Crippen molar-refractivity contribution >= 4 is 28.3 Å². The van der Waals surface area contributed by atoms with Crippen molar-refractivity contribution in [2.45, 2.75) is 18.8 Å². The lowest BCUT2D eigenvalue weighted by Gasteiger charge is -2.21. The molecule has 0 radical (unpaired) electrons. The van der Waals surface area contributed by atoms with E-state index in [0.717, 1.165) is 10.9 Å². The predicted octanol–water partition coefficient (Wildman–Crippen LogP) is 3.49. The Kier molecular flexibility index (Phi) is 4.61. The van der Waals surface area contributed by atoms with Gasteiger partial charge in [-0.1, -0.05) is 35.7 Å². The predicted molar refractivity (Wildman–Crippen MR) is 110 cm³/mol. The number of para-hydroxylation sites is 1. The summed E-state index contributed by atoms with van der Waals surface area (Å²) >= 11 is 6.38. The molecule has 0 saturated heterocycles. The Labute approximate surface area is 162 Å². The smallest absolute Gasteiger partial charge is 0.294 e. The van der Waals surface area contributed by atoms with Crippen LogP contribution in [0.5, 0.6) is 0 Å². The van der Waals surface area contributed by atoms with Crippen molar-refractivity contribution in [1.29, 1.82) is 0 Å². The number of hydrogen-bond donors (Lipinski definition) is 1. The maximum absolute atomic E-state index is 13.0. The summed E-state index contributed by atoms with van der Waals surface area (Å²) in [5, 5.41) is 3.05. The molecule has 4 rings (SSSR count). The van der Waals surface area contributed by atoms with Gasteiger partial charge >= 0.3 is 5.69 Å². The van der Waals surface area contributed by atoms with Gasteiger partial charge in [0.25, 0.3) is 0 Å². The van der Waals surface area contributed by atoms with Gasteiger partial charge in [0, 0.05) is 12.4 Å². The van der Waals surface area contributed by atoms with Crippen LogP contribution in [0.2, 0.25) is 5.02 Å². The van der Waals surface area contributed by atoms with Crippen molar-refractivity contribution in [2.24, 2.45) is 0 Å². The molecule has 27 heavy (non-hydrogen) atoms. The van der Waals surface area contributed by atoms with Crippen LogP contribution >= 0.6 is 11.6 Å². The van der Waals surface area contributed by atoms with E-state index in [1.807, 2.05) is 24.3 Å². The van der Waals surface area contributed by atoms with Gasteiger partial charge in [-0.2, -0.15) is 4.98 Å². The Morgan fingerprint density at radius 2 is 2.11 bits per heavy atom. The van der Waals surface area contributed by atoms with Crippen LogP contribution in [0.1, 0.15) is 24.3 Å². The highest BCUT2D eigenvalue weighted by Crippen LogP contribution is 2.41. The maximum atomic E-state index is 13.0. The SMILES string of the molecule is C#CCNN(C)c1nc(=O)n(-c2ccccc2Cl)c2cc(C3CC3)ccc12. The van der Waals surface area contributed by atoms with Gasteiger partial charge in [-0.3, -0.25) is 9.58 Å². The molecule has 0 bridgehead atoms. The molecule has 0 unspecified atom stereocenters. The zero-order chi connectivity index (χ0) is 19.0. The summed E-state index contributed by atoms with van der Waals surface area (Å²) < 4.78 is 1.59. The molecule has 0 spiro atoms. The van der Waals surface area contributed by atoms with Crippen molar-refractivity contribution in [3.63, 3.8) is 0 Å². The lowest BCUT2D eigenvalue weighted by molar-refractivity contribution is 0.733. The number of nitrogens with one attached hydrogen (secondary N) is 1. The van der Waals surface area contributed by atoms with Crippen molar-refractivity contribution in [2.75, 3.05) is 18.6 Å².